The molecule has 1 fully saturated rings. The van der Waals surface area contributed by atoms with Crippen LogP contribution >= 0.6 is 15.9 Å². The van der Waals surface area contributed by atoms with E-state index in [9.17, 15) is 4.79 Å². The van der Waals surface area contributed by atoms with Crippen LogP contribution < -0.4 is 11.1 Å². The van der Waals surface area contributed by atoms with Crippen LogP contribution in [0.3, 0.4) is 0 Å². The average molecular weight is 311 g/mol. The molecule has 1 saturated carbocycles. The minimum atomic E-state index is 0.144. The molecule has 1 aromatic carbocycles. The molecule has 3 atom stereocenters. The zero-order valence-corrected chi connectivity index (χ0v) is 12.1. The highest BCUT2D eigenvalue weighted by atomic mass is 79.9. The van der Waals surface area contributed by atoms with Gasteiger partial charge in [-0.05, 0) is 43.4 Å². The van der Waals surface area contributed by atoms with Gasteiger partial charge in [0.2, 0.25) is 5.91 Å². The van der Waals surface area contributed by atoms with Gasteiger partial charge in [0.15, 0.2) is 0 Å². The number of amides is 1. The predicted molar refractivity (Wildman–Crippen MR) is 76.3 cm³/mol. The van der Waals surface area contributed by atoms with E-state index in [1.165, 1.54) is 5.56 Å². The molecule has 0 saturated heterocycles. The number of carbonyl (C=O) groups excluding carboxylic acids is 1. The Labute approximate surface area is 116 Å². The monoisotopic (exact) mass is 310 g/mol. The lowest BCUT2D eigenvalue weighted by atomic mass is 10.1. The number of rotatable bonds is 5. The van der Waals surface area contributed by atoms with Gasteiger partial charge in [-0.15, -0.1) is 0 Å². The van der Waals surface area contributed by atoms with Gasteiger partial charge in [0.05, 0.1) is 0 Å². The van der Waals surface area contributed by atoms with E-state index in [2.05, 4.69) is 33.4 Å². The van der Waals surface area contributed by atoms with Crippen LogP contribution in [0.4, 0.5) is 0 Å². The Kier molecular flexibility index (Phi) is 4.40. The molecule has 0 aliphatic heterocycles. The lowest BCUT2D eigenvalue weighted by molar-refractivity contribution is -0.122. The molecule has 0 bridgehead atoms. The van der Waals surface area contributed by atoms with E-state index < -0.39 is 0 Å². The molecule has 3 N–H and O–H groups in total. The van der Waals surface area contributed by atoms with E-state index in [4.69, 9.17) is 5.73 Å². The maximum absolute atomic E-state index is 11.9. The van der Waals surface area contributed by atoms with Crippen molar-refractivity contribution in [1.82, 2.24) is 5.32 Å². The van der Waals surface area contributed by atoms with Gasteiger partial charge in [0.1, 0.15) is 0 Å². The molecule has 18 heavy (non-hydrogen) atoms. The summed E-state index contributed by atoms with van der Waals surface area (Å²) in [6.07, 6.45) is 1.79. The Balaban J connectivity index is 1.82. The van der Waals surface area contributed by atoms with Crippen molar-refractivity contribution in [3.63, 3.8) is 0 Å². The van der Waals surface area contributed by atoms with Crippen LogP contribution in [0.25, 0.3) is 0 Å². The van der Waals surface area contributed by atoms with Crippen molar-refractivity contribution in [2.75, 3.05) is 6.54 Å². The smallest absolute Gasteiger partial charge is 0.223 e. The number of hydrogen-bond acceptors (Lipinski definition) is 2. The van der Waals surface area contributed by atoms with Crippen molar-refractivity contribution in [2.24, 2.45) is 11.7 Å². The molecule has 1 aliphatic carbocycles. The fourth-order valence-corrected chi connectivity index (χ4v) is 2.56. The number of nitrogens with one attached hydrogen (secondary N) is 1. The van der Waals surface area contributed by atoms with Crippen LogP contribution in [-0.4, -0.2) is 18.5 Å². The van der Waals surface area contributed by atoms with Gasteiger partial charge < -0.3 is 11.1 Å². The number of nitrogens with two attached hydrogens (primary N) is 1. The van der Waals surface area contributed by atoms with E-state index in [1.807, 2.05) is 19.1 Å². The van der Waals surface area contributed by atoms with Gasteiger partial charge >= 0.3 is 0 Å². The fourth-order valence-electron chi connectivity index (χ4n) is 2.14. The summed E-state index contributed by atoms with van der Waals surface area (Å²) in [5, 5.41) is 2.96. The molecule has 0 radical (unpaired) electrons. The number of benzene rings is 1. The van der Waals surface area contributed by atoms with Gasteiger partial charge in [0, 0.05) is 23.0 Å². The molecule has 0 spiro atoms. The van der Waals surface area contributed by atoms with E-state index in [0.29, 0.717) is 12.5 Å². The summed E-state index contributed by atoms with van der Waals surface area (Å²) >= 11 is 3.46. The van der Waals surface area contributed by atoms with Crippen LogP contribution in [0.2, 0.25) is 0 Å². The highest BCUT2D eigenvalue weighted by Gasteiger charge is 2.43. The molecule has 98 valence electrons. The van der Waals surface area contributed by atoms with E-state index in [-0.39, 0.29) is 17.9 Å². The zero-order valence-electron chi connectivity index (χ0n) is 10.5. The van der Waals surface area contributed by atoms with Crippen molar-refractivity contribution in [3.05, 3.63) is 34.3 Å². The first-order chi connectivity index (χ1) is 8.58. The van der Waals surface area contributed by atoms with E-state index in [0.717, 1.165) is 17.3 Å². The molecule has 3 unspecified atom stereocenters. The van der Waals surface area contributed by atoms with Crippen LogP contribution in [0.1, 0.15) is 31.2 Å². The van der Waals surface area contributed by atoms with Gasteiger partial charge in [0.25, 0.3) is 0 Å². The van der Waals surface area contributed by atoms with Crippen molar-refractivity contribution in [1.29, 1.82) is 0 Å². The van der Waals surface area contributed by atoms with Crippen molar-refractivity contribution in [3.8, 4) is 0 Å². The number of hydrogen-bond donors (Lipinski definition) is 2. The Bertz CT molecular complexity index is 434. The number of halogens is 1. The molecular formula is C14H19BrN2O. The topological polar surface area (TPSA) is 55.1 Å². The standard InChI is InChI=1S/C14H19BrN2O/c1-9(16)5-6-17-14(18)13-8-12(13)10-3-2-4-11(15)7-10/h2-4,7,9,12-13H,5-6,8,16H2,1H3,(H,17,18). The van der Waals surface area contributed by atoms with E-state index in [1.54, 1.807) is 0 Å². The lowest BCUT2D eigenvalue weighted by Crippen LogP contribution is -2.30. The Morgan fingerprint density at radius 3 is 3.06 bits per heavy atom. The van der Waals surface area contributed by atoms with Crippen LogP contribution in [0.5, 0.6) is 0 Å². The van der Waals surface area contributed by atoms with Gasteiger partial charge in [-0.3, -0.25) is 4.79 Å². The third kappa shape index (κ3) is 3.56. The summed E-state index contributed by atoms with van der Waals surface area (Å²) in [6, 6.07) is 8.35. The second kappa shape index (κ2) is 5.85. The second-order valence-corrected chi connectivity index (χ2v) is 5.98. The quantitative estimate of drug-likeness (QED) is 0.877. The minimum Gasteiger partial charge on any atom is -0.356 e. The minimum absolute atomic E-state index is 0.144. The predicted octanol–water partition coefficient (Wildman–Crippen LogP) is 2.41. The maximum atomic E-state index is 11.9. The molecule has 1 amide bonds. The first-order valence-electron chi connectivity index (χ1n) is 6.36. The summed E-state index contributed by atoms with van der Waals surface area (Å²) in [7, 11) is 0. The highest BCUT2D eigenvalue weighted by Crippen LogP contribution is 2.47. The molecule has 1 aromatic rings. The van der Waals surface area contributed by atoms with Crippen molar-refractivity contribution in [2.45, 2.75) is 31.7 Å². The normalized spacial score (nSPS) is 23.5. The SMILES string of the molecule is CC(N)CCNC(=O)C1CC1c1cccc(Br)c1. The molecular weight excluding hydrogens is 292 g/mol. The first kappa shape index (κ1) is 13.6. The Morgan fingerprint density at radius 1 is 1.61 bits per heavy atom. The first-order valence-corrected chi connectivity index (χ1v) is 7.16. The van der Waals surface area contributed by atoms with Crippen LogP contribution in [0.15, 0.2) is 28.7 Å². The lowest BCUT2D eigenvalue weighted by Gasteiger charge is -2.07. The van der Waals surface area contributed by atoms with E-state index >= 15 is 0 Å². The molecule has 0 heterocycles. The van der Waals surface area contributed by atoms with Crippen LogP contribution in [-0.2, 0) is 4.79 Å². The van der Waals surface area contributed by atoms with Crippen molar-refractivity contribution >= 4 is 21.8 Å². The largest absolute Gasteiger partial charge is 0.356 e. The summed E-state index contributed by atoms with van der Waals surface area (Å²) in [5.74, 6) is 0.700. The summed E-state index contributed by atoms with van der Waals surface area (Å²) in [4.78, 5) is 11.9. The van der Waals surface area contributed by atoms with Crippen molar-refractivity contribution < 1.29 is 4.79 Å². The van der Waals surface area contributed by atoms with Gasteiger partial charge in [-0.2, -0.15) is 0 Å². The Hall–Kier alpha value is -0.870. The molecule has 1 aliphatic rings. The fraction of sp³-hybridized carbons (Fsp3) is 0.500. The Morgan fingerprint density at radius 2 is 2.39 bits per heavy atom. The third-order valence-corrected chi connectivity index (χ3v) is 3.80. The average Bonchev–Trinajstić information content (AvgIpc) is 3.08. The maximum Gasteiger partial charge on any atom is 0.223 e. The second-order valence-electron chi connectivity index (χ2n) is 5.06. The number of carbonyl (C=O) groups is 1. The molecule has 3 nitrogen and oxygen atoms in total. The summed E-state index contributed by atoms with van der Waals surface area (Å²) < 4.78 is 1.07. The summed E-state index contributed by atoms with van der Waals surface area (Å²) in [6.45, 7) is 2.63. The molecule has 2 rings (SSSR count). The summed E-state index contributed by atoms with van der Waals surface area (Å²) in [5.41, 5.74) is 6.90. The third-order valence-electron chi connectivity index (χ3n) is 3.30. The van der Waals surface area contributed by atoms with Gasteiger partial charge in [-0.25, -0.2) is 0 Å². The zero-order chi connectivity index (χ0) is 13.1. The molecule has 0 aromatic heterocycles. The van der Waals surface area contributed by atoms with Crippen LogP contribution in [0, 0.1) is 5.92 Å². The van der Waals surface area contributed by atoms with Gasteiger partial charge in [-0.1, -0.05) is 28.1 Å². The highest BCUT2D eigenvalue weighted by molar-refractivity contribution is 9.10. The molecule has 4 heteroatoms.